The lowest BCUT2D eigenvalue weighted by Crippen LogP contribution is -2.63. The van der Waals surface area contributed by atoms with Crippen molar-refractivity contribution in [1.82, 2.24) is 0 Å². The summed E-state index contributed by atoms with van der Waals surface area (Å²) < 4.78 is 5.96. The molecule has 0 spiro atoms. The van der Waals surface area contributed by atoms with Crippen LogP contribution < -0.4 is 0 Å². The van der Waals surface area contributed by atoms with E-state index in [4.69, 9.17) is 4.74 Å². The predicted molar refractivity (Wildman–Crippen MR) is 108 cm³/mol. The highest BCUT2D eigenvalue weighted by molar-refractivity contribution is 6.01. The molecule has 0 amide bonds. The number of aliphatic hydroxyl groups excluding tert-OH is 3. The Morgan fingerprint density at radius 2 is 2.03 bits per heavy atom. The van der Waals surface area contributed by atoms with E-state index in [1.807, 2.05) is 19.9 Å². The van der Waals surface area contributed by atoms with Gasteiger partial charge < -0.3 is 20.1 Å². The van der Waals surface area contributed by atoms with Crippen molar-refractivity contribution in [3.05, 3.63) is 23.8 Å². The molecule has 0 unspecified atom stereocenters. The molecule has 3 N–H and O–H groups in total. The van der Waals surface area contributed by atoms with Gasteiger partial charge in [-0.25, -0.2) is 4.99 Å². The Hall–Kier alpha value is -1.83. The van der Waals surface area contributed by atoms with Crippen molar-refractivity contribution < 1.29 is 29.6 Å². The fraction of sp³-hybridized carbons (Fsp3) is 0.696. The number of hydrogen-bond acceptors (Lipinski definition) is 7. The maximum Gasteiger partial charge on any atom is 0.190 e. The molecule has 9 atom stereocenters. The van der Waals surface area contributed by atoms with E-state index >= 15 is 0 Å². The van der Waals surface area contributed by atoms with Crippen LogP contribution in [-0.2, 0) is 14.3 Å². The molecule has 1 aliphatic heterocycles. The van der Waals surface area contributed by atoms with Gasteiger partial charge in [-0.05, 0) is 48.8 Å². The van der Waals surface area contributed by atoms with Gasteiger partial charge >= 0.3 is 0 Å². The van der Waals surface area contributed by atoms with Crippen molar-refractivity contribution in [2.24, 2.45) is 33.6 Å². The summed E-state index contributed by atoms with van der Waals surface area (Å²) in [5, 5.41) is 32.2. The average molecular weight is 415 g/mol. The van der Waals surface area contributed by atoms with E-state index in [1.165, 1.54) is 12.2 Å². The van der Waals surface area contributed by atoms with Gasteiger partial charge in [0.1, 0.15) is 12.7 Å². The summed E-state index contributed by atoms with van der Waals surface area (Å²) in [6.45, 7) is 5.06. The van der Waals surface area contributed by atoms with Crippen molar-refractivity contribution in [2.45, 2.75) is 63.9 Å². The van der Waals surface area contributed by atoms with E-state index in [0.717, 1.165) is 0 Å². The van der Waals surface area contributed by atoms with Crippen molar-refractivity contribution in [2.75, 3.05) is 6.61 Å². The van der Waals surface area contributed by atoms with Crippen LogP contribution in [0.1, 0.15) is 40.0 Å². The Morgan fingerprint density at radius 1 is 1.30 bits per heavy atom. The van der Waals surface area contributed by atoms with E-state index in [-0.39, 0.29) is 29.3 Å². The predicted octanol–water partition coefficient (Wildman–Crippen LogP) is 0.963. The molecule has 5 aliphatic rings. The summed E-state index contributed by atoms with van der Waals surface area (Å²) in [5.74, 6) is -0.334. The number of rotatable bonds is 2. The van der Waals surface area contributed by atoms with Gasteiger partial charge in [-0.1, -0.05) is 19.9 Å². The standard InChI is InChI=1S/C23H29NO6/c1-11-24-23(18(29)10-25)19(30-11)8-14-13-7-16(27)15-6-12(26)4-5-21(15,2)20(13)17(28)9-22(14,23)3/h4-6,13-14,16-17,19-20,25,27-28H,7-10H2,1-3H3/t13-,14+,16-,17-,19-,20-,21-,22-,23-/m0/s1. The fourth-order valence-electron chi connectivity index (χ4n) is 7.86. The van der Waals surface area contributed by atoms with Gasteiger partial charge in [0.2, 0.25) is 0 Å². The largest absolute Gasteiger partial charge is 0.475 e. The first-order valence-electron chi connectivity index (χ1n) is 10.8. The number of carbonyl (C=O) groups excluding carboxylic acids is 2. The molecule has 1 heterocycles. The highest BCUT2D eigenvalue weighted by Gasteiger charge is 2.74. The first-order valence-corrected chi connectivity index (χ1v) is 10.8. The average Bonchev–Trinajstić information content (AvgIpc) is 3.13. The molecule has 7 nitrogen and oxygen atoms in total. The van der Waals surface area contributed by atoms with E-state index in [1.54, 1.807) is 6.92 Å². The zero-order valence-electron chi connectivity index (χ0n) is 17.5. The van der Waals surface area contributed by atoms with Gasteiger partial charge in [-0.3, -0.25) is 9.59 Å². The minimum Gasteiger partial charge on any atom is -0.475 e. The zero-order chi connectivity index (χ0) is 21.6. The van der Waals surface area contributed by atoms with Gasteiger partial charge in [0.25, 0.3) is 0 Å². The third-order valence-corrected chi connectivity index (χ3v) is 8.92. The quantitative estimate of drug-likeness (QED) is 0.619. The number of ether oxygens (including phenoxy) is 1. The van der Waals surface area contributed by atoms with Gasteiger partial charge in [0.15, 0.2) is 23.0 Å². The van der Waals surface area contributed by atoms with Gasteiger partial charge in [0, 0.05) is 23.7 Å². The Morgan fingerprint density at radius 3 is 2.73 bits per heavy atom. The summed E-state index contributed by atoms with van der Waals surface area (Å²) in [5.41, 5.74) is -1.85. The van der Waals surface area contributed by atoms with Crippen LogP contribution in [0.25, 0.3) is 0 Å². The monoisotopic (exact) mass is 415 g/mol. The van der Waals surface area contributed by atoms with E-state index < -0.39 is 41.3 Å². The summed E-state index contributed by atoms with van der Waals surface area (Å²) >= 11 is 0. The number of aliphatic hydroxyl groups is 3. The van der Waals surface area contributed by atoms with Crippen LogP contribution in [0.2, 0.25) is 0 Å². The zero-order valence-corrected chi connectivity index (χ0v) is 17.5. The van der Waals surface area contributed by atoms with E-state index in [0.29, 0.717) is 30.7 Å². The molecule has 7 heteroatoms. The third kappa shape index (κ3) is 2.18. The molecule has 0 aromatic rings. The lowest BCUT2D eigenvalue weighted by atomic mass is 9.45. The minimum atomic E-state index is -1.21. The number of aliphatic imine (C=N–C) groups is 1. The van der Waals surface area contributed by atoms with Crippen LogP contribution in [-0.4, -0.2) is 63.2 Å². The maximum absolute atomic E-state index is 13.1. The molecule has 0 aromatic carbocycles. The van der Waals surface area contributed by atoms with Crippen molar-refractivity contribution in [3.8, 4) is 0 Å². The smallest absolute Gasteiger partial charge is 0.190 e. The number of allylic oxidation sites excluding steroid dienone is 3. The van der Waals surface area contributed by atoms with Crippen molar-refractivity contribution in [1.29, 1.82) is 0 Å². The number of hydrogen-bond donors (Lipinski definition) is 3. The molecule has 0 bridgehead atoms. The van der Waals surface area contributed by atoms with Crippen LogP contribution in [0, 0.1) is 28.6 Å². The summed E-state index contributed by atoms with van der Waals surface area (Å²) in [6.07, 6.45) is 4.23. The van der Waals surface area contributed by atoms with Gasteiger partial charge in [-0.15, -0.1) is 0 Å². The van der Waals surface area contributed by atoms with Gasteiger partial charge in [0.05, 0.1) is 12.2 Å². The second kappa shape index (κ2) is 6.11. The summed E-state index contributed by atoms with van der Waals surface area (Å²) in [4.78, 5) is 29.7. The molecule has 162 valence electrons. The van der Waals surface area contributed by atoms with Crippen LogP contribution >= 0.6 is 0 Å². The molecule has 3 saturated carbocycles. The Kier molecular flexibility index (Phi) is 4.09. The number of ketones is 2. The van der Waals surface area contributed by atoms with Crippen LogP contribution in [0.4, 0.5) is 0 Å². The first kappa shape index (κ1) is 20.1. The van der Waals surface area contributed by atoms with Crippen LogP contribution in [0.5, 0.6) is 0 Å². The lowest BCUT2D eigenvalue weighted by Gasteiger charge is -2.60. The lowest BCUT2D eigenvalue weighted by molar-refractivity contribution is -0.150. The summed E-state index contributed by atoms with van der Waals surface area (Å²) in [7, 11) is 0. The highest BCUT2D eigenvalue weighted by Crippen LogP contribution is 2.69. The highest BCUT2D eigenvalue weighted by atomic mass is 16.5. The molecule has 0 aromatic heterocycles. The Balaban J connectivity index is 1.63. The maximum atomic E-state index is 13.1. The second-order valence-corrected chi connectivity index (χ2v) is 10.2. The molecule has 0 radical (unpaired) electrons. The molecule has 3 fully saturated rings. The molecular formula is C23H29NO6. The molecular weight excluding hydrogens is 386 g/mol. The van der Waals surface area contributed by atoms with Gasteiger partial charge in [-0.2, -0.15) is 0 Å². The Bertz CT molecular complexity index is 923. The molecule has 5 rings (SSSR count). The molecule has 30 heavy (non-hydrogen) atoms. The number of nitrogens with zero attached hydrogens (tertiary/aromatic N) is 1. The normalized spacial score (nSPS) is 51.2. The van der Waals surface area contributed by atoms with Crippen LogP contribution in [0.3, 0.4) is 0 Å². The fourth-order valence-corrected chi connectivity index (χ4v) is 7.86. The van der Waals surface area contributed by atoms with E-state index in [2.05, 4.69) is 4.99 Å². The molecule has 0 saturated heterocycles. The van der Waals surface area contributed by atoms with Crippen molar-refractivity contribution in [3.63, 3.8) is 0 Å². The number of Topliss-reactive ketones (excluding diaryl/α,β-unsaturated/α-hetero) is 1. The Labute approximate surface area is 175 Å². The van der Waals surface area contributed by atoms with E-state index in [9.17, 15) is 24.9 Å². The topological polar surface area (TPSA) is 116 Å². The molecule has 4 aliphatic carbocycles. The number of carbonyl (C=O) groups is 2. The van der Waals surface area contributed by atoms with Crippen LogP contribution in [0.15, 0.2) is 28.8 Å². The summed E-state index contributed by atoms with van der Waals surface area (Å²) in [6, 6.07) is 0. The second-order valence-electron chi connectivity index (χ2n) is 10.2. The minimum absolute atomic E-state index is 0.0118. The van der Waals surface area contributed by atoms with Crippen molar-refractivity contribution >= 4 is 17.5 Å². The number of fused-ring (bicyclic) bond motifs is 7. The third-order valence-electron chi connectivity index (χ3n) is 8.92. The first-order chi connectivity index (χ1) is 14.1. The SMILES string of the molecule is CC1=N[C@@]2(C(=O)CO)[C@H](C[C@@H]3[C@@H]4C[C@H](O)C5=CC(=O)C=C[C@]5(C)[C@@H]4[C@@H](O)C[C@@]32C)O1.